The van der Waals surface area contributed by atoms with Gasteiger partial charge >= 0.3 is 0 Å². The van der Waals surface area contributed by atoms with Gasteiger partial charge in [0.05, 0.1) is 6.10 Å². The summed E-state index contributed by atoms with van der Waals surface area (Å²) in [6.45, 7) is 0. The van der Waals surface area contributed by atoms with E-state index in [4.69, 9.17) is 0 Å². The van der Waals surface area contributed by atoms with Gasteiger partial charge in [0.15, 0.2) is 0 Å². The third-order valence-corrected chi connectivity index (χ3v) is 3.85. The Kier molecular flexibility index (Phi) is 4.35. The fourth-order valence-electron chi connectivity index (χ4n) is 2.20. The van der Waals surface area contributed by atoms with Gasteiger partial charge in [0.25, 0.3) is 0 Å². The third-order valence-electron chi connectivity index (χ3n) is 3.11. The lowest BCUT2D eigenvalue weighted by Crippen LogP contribution is -2.01. The second-order valence-corrected chi connectivity index (χ2v) is 5.40. The van der Waals surface area contributed by atoms with Crippen LogP contribution in [0, 0.1) is 5.82 Å². The summed E-state index contributed by atoms with van der Waals surface area (Å²) in [5.41, 5.74) is 2.33. The molecule has 1 aromatic carbocycles. The quantitative estimate of drug-likeness (QED) is 0.819. The number of benzene rings is 1. The third kappa shape index (κ3) is 3.65. The molecular weight excluding hydrogens is 283 g/mol. The van der Waals surface area contributed by atoms with Crippen LogP contribution in [0.5, 0.6) is 0 Å². The number of aliphatic hydroxyl groups is 1. The molecule has 1 unspecified atom stereocenters. The van der Waals surface area contributed by atoms with Crippen LogP contribution in [0.2, 0.25) is 0 Å². The molecule has 1 atom stereocenters. The van der Waals surface area contributed by atoms with Crippen molar-refractivity contribution >= 4 is 15.9 Å². The van der Waals surface area contributed by atoms with Gasteiger partial charge in [-0.3, -0.25) is 0 Å². The second kappa shape index (κ2) is 5.78. The fraction of sp³-hybridized carbons (Fsp3) is 0.429. The molecule has 1 N–H and O–H groups in total. The van der Waals surface area contributed by atoms with E-state index in [0.29, 0.717) is 0 Å². The molecule has 0 heterocycles. The summed E-state index contributed by atoms with van der Waals surface area (Å²) in [6, 6.07) is 4.77. The van der Waals surface area contributed by atoms with E-state index < -0.39 is 0 Å². The highest BCUT2D eigenvalue weighted by molar-refractivity contribution is 9.10. The smallest absolute Gasteiger partial charge is 0.124 e. The van der Waals surface area contributed by atoms with E-state index >= 15 is 0 Å². The van der Waals surface area contributed by atoms with E-state index in [0.717, 1.165) is 42.1 Å². The van der Waals surface area contributed by atoms with E-state index in [-0.39, 0.29) is 11.9 Å². The van der Waals surface area contributed by atoms with E-state index in [2.05, 4.69) is 15.9 Å². The maximum Gasteiger partial charge on any atom is 0.124 e. The lowest BCUT2D eigenvalue weighted by Gasteiger charge is -2.08. The van der Waals surface area contributed by atoms with Crippen molar-refractivity contribution in [3.8, 4) is 0 Å². The van der Waals surface area contributed by atoms with Gasteiger partial charge < -0.3 is 5.11 Å². The monoisotopic (exact) mass is 298 g/mol. The minimum atomic E-state index is -0.313. The largest absolute Gasteiger partial charge is 0.389 e. The van der Waals surface area contributed by atoms with E-state index in [1.807, 2.05) is 6.08 Å². The topological polar surface area (TPSA) is 20.2 Å². The zero-order chi connectivity index (χ0) is 12.3. The first-order valence-electron chi connectivity index (χ1n) is 5.97. The minimum Gasteiger partial charge on any atom is -0.389 e. The standard InChI is InChI=1S/C14H16BrFO/c15-14-9-12(16)6-5-11(14)7-10-3-1-2-4-13(17)8-10/h5-6,8-9,13,17H,1-4,7H2. The maximum atomic E-state index is 13.0. The normalized spacial score (nSPS) is 20.9. The molecule has 0 bridgehead atoms. The van der Waals surface area contributed by atoms with Crippen molar-refractivity contribution in [1.82, 2.24) is 0 Å². The molecule has 1 aliphatic rings. The molecule has 0 amide bonds. The summed E-state index contributed by atoms with van der Waals surface area (Å²) in [5.74, 6) is -0.226. The molecule has 0 aromatic heterocycles. The summed E-state index contributed by atoms with van der Waals surface area (Å²) >= 11 is 3.38. The van der Waals surface area contributed by atoms with E-state index in [1.54, 1.807) is 6.07 Å². The molecule has 0 spiro atoms. The van der Waals surface area contributed by atoms with Gasteiger partial charge in [-0.15, -0.1) is 0 Å². The molecule has 1 nitrogen and oxygen atoms in total. The Hall–Kier alpha value is -0.670. The Bertz CT molecular complexity index is 428. The Balaban J connectivity index is 2.14. The predicted octanol–water partition coefficient (Wildman–Crippen LogP) is 3.99. The van der Waals surface area contributed by atoms with Gasteiger partial charge in [-0.2, -0.15) is 0 Å². The number of halogens is 2. The number of allylic oxidation sites excluding steroid dienone is 1. The molecule has 0 saturated heterocycles. The van der Waals surface area contributed by atoms with Crippen LogP contribution in [0.15, 0.2) is 34.3 Å². The van der Waals surface area contributed by atoms with Crippen LogP contribution in [0.25, 0.3) is 0 Å². The van der Waals surface area contributed by atoms with Crippen LogP contribution in [0.1, 0.15) is 31.2 Å². The van der Waals surface area contributed by atoms with Crippen molar-refractivity contribution in [3.63, 3.8) is 0 Å². The Morgan fingerprint density at radius 1 is 1.35 bits per heavy atom. The Morgan fingerprint density at radius 3 is 2.94 bits per heavy atom. The molecule has 0 saturated carbocycles. The van der Waals surface area contributed by atoms with Gasteiger partial charge in [0, 0.05) is 4.47 Å². The zero-order valence-electron chi connectivity index (χ0n) is 9.63. The maximum absolute atomic E-state index is 13.0. The zero-order valence-corrected chi connectivity index (χ0v) is 11.2. The first-order valence-corrected chi connectivity index (χ1v) is 6.76. The number of hydrogen-bond donors (Lipinski definition) is 1. The molecule has 1 aromatic rings. The lowest BCUT2D eigenvalue weighted by atomic mass is 10.0. The van der Waals surface area contributed by atoms with Crippen molar-refractivity contribution < 1.29 is 9.50 Å². The molecule has 1 aliphatic carbocycles. The van der Waals surface area contributed by atoms with Crippen molar-refractivity contribution in [2.75, 3.05) is 0 Å². The number of aliphatic hydroxyl groups excluding tert-OH is 1. The van der Waals surface area contributed by atoms with Crippen LogP contribution in [-0.4, -0.2) is 11.2 Å². The molecule has 2 rings (SSSR count). The van der Waals surface area contributed by atoms with Gasteiger partial charge in [0.1, 0.15) is 5.82 Å². The van der Waals surface area contributed by atoms with Crippen LogP contribution in [0.4, 0.5) is 4.39 Å². The summed E-state index contributed by atoms with van der Waals surface area (Å²) in [7, 11) is 0. The molecule has 0 fully saturated rings. The molecular formula is C14H16BrFO. The van der Waals surface area contributed by atoms with Crippen LogP contribution in [-0.2, 0) is 6.42 Å². The van der Waals surface area contributed by atoms with Crippen LogP contribution < -0.4 is 0 Å². The SMILES string of the molecule is OC1C=C(Cc2ccc(F)cc2Br)CCCC1. The molecule has 17 heavy (non-hydrogen) atoms. The lowest BCUT2D eigenvalue weighted by molar-refractivity contribution is 0.211. The average Bonchev–Trinajstić information content (AvgIpc) is 2.47. The van der Waals surface area contributed by atoms with Crippen molar-refractivity contribution in [2.24, 2.45) is 0 Å². The molecule has 3 heteroatoms. The van der Waals surface area contributed by atoms with Crippen molar-refractivity contribution in [2.45, 2.75) is 38.2 Å². The Morgan fingerprint density at radius 2 is 2.18 bits per heavy atom. The number of rotatable bonds is 2. The summed E-state index contributed by atoms with van der Waals surface area (Å²) in [4.78, 5) is 0. The van der Waals surface area contributed by atoms with Crippen molar-refractivity contribution in [3.05, 3.63) is 45.7 Å². The van der Waals surface area contributed by atoms with Gasteiger partial charge in [-0.1, -0.05) is 40.1 Å². The summed E-state index contributed by atoms with van der Waals surface area (Å²) in [6.07, 6.45) is 6.52. The van der Waals surface area contributed by atoms with Gasteiger partial charge in [-0.25, -0.2) is 4.39 Å². The van der Waals surface area contributed by atoms with Crippen LogP contribution >= 0.6 is 15.9 Å². The predicted molar refractivity (Wildman–Crippen MR) is 70.4 cm³/mol. The van der Waals surface area contributed by atoms with Gasteiger partial charge in [-0.05, 0) is 43.4 Å². The van der Waals surface area contributed by atoms with E-state index in [9.17, 15) is 9.50 Å². The average molecular weight is 299 g/mol. The summed E-state index contributed by atoms with van der Waals surface area (Å²) < 4.78 is 13.8. The first kappa shape index (κ1) is 12.8. The molecule has 92 valence electrons. The summed E-state index contributed by atoms with van der Waals surface area (Å²) in [5, 5.41) is 9.70. The minimum absolute atomic E-state index is 0.226. The van der Waals surface area contributed by atoms with Crippen molar-refractivity contribution in [1.29, 1.82) is 0 Å². The first-order chi connectivity index (χ1) is 8.15. The number of hydrogen-bond acceptors (Lipinski definition) is 1. The fourth-order valence-corrected chi connectivity index (χ4v) is 2.69. The molecule has 0 aliphatic heterocycles. The second-order valence-electron chi connectivity index (χ2n) is 4.55. The highest BCUT2D eigenvalue weighted by Crippen LogP contribution is 2.25. The highest BCUT2D eigenvalue weighted by Gasteiger charge is 2.11. The van der Waals surface area contributed by atoms with E-state index in [1.165, 1.54) is 17.7 Å². The Labute approximate surface area is 109 Å². The van der Waals surface area contributed by atoms with Crippen LogP contribution in [0.3, 0.4) is 0 Å². The molecule has 0 radical (unpaired) electrons. The highest BCUT2D eigenvalue weighted by atomic mass is 79.9. The van der Waals surface area contributed by atoms with Gasteiger partial charge in [0.2, 0.25) is 0 Å².